The molecule has 0 spiro atoms. The van der Waals surface area contributed by atoms with Crippen molar-refractivity contribution < 1.29 is 13.0 Å². The monoisotopic (exact) mass is 208 g/mol. The van der Waals surface area contributed by atoms with E-state index in [4.69, 9.17) is 4.55 Å². The lowest BCUT2D eigenvalue weighted by Gasteiger charge is -2.12. The van der Waals surface area contributed by atoms with Crippen molar-refractivity contribution in [3.63, 3.8) is 0 Å². The van der Waals surface area contributed by atoms with Crippen LogP contribution in [0, 0.1) is 5.92 Å². The van der Waals surface area contributed by atoms with Gasteiger partial charge in [-0.15, -0.1) is 0 Å². The minimum atomic E-state index is -3.75. The minimum absolute atomic E-state index is 0.0881. The molecule has 3 nitrogen and oxygen atoms in total. The fourth-order valence-corrected chi connectivity index (χ4v) is 1.99. The van der Waals surface area contributed by atoms with Crippen molar-refractivity contribution in [1.82, 2.24) is 0 Å². The van der Waals surface area contributed by atoms with Gasteiger partial charge in [0.05, 0.1) is 5.75 Å². The Labute approximate surface area is 81.3 Å². The van der Waals surface area contributed by atoms with Crippen LogP contribution in [0.15, 0.2) is 0 Å². The van der Waals surface area contributed by atoms with E-state index in [2.05, 4.69) is 13.8 Å². The van der Waals surface area contributed by atoms with E-state index in [9.17, 15) is 8.42 Å². The zero-order chi connectivity index (χ0) is 10.3. The van der Waals surface area contributed by atoms with Crippen LogP contribution in [0.25, 0.3) is 0 Å². The Bertz CT molecular complexity index is 209. The number of unbranched alkanes of at least 4 members (excludes halogenated alkanes) is 1. The Hall–Kier alpha value is -0.0900. The average Bonchev–Trinajstić information content (AvgIpc) is 2.03. The van der Waals surface area contributed by atoms with E-state index in [1.807, 2.05) is 0 Å². The molecule has 0 aliphatic rings. The molecule has 0 aliphatic heterocycles. The molecule has 4 heteroatoms. The van der Waals surface area contributed by atoms with Gasteiger partial charge in [-0.3, -0.25) is 4.55 Å². The average molecular weight is 208 g/mol. The Morgan fingerprint density at radius 1 is 1.23 bits per heavy atom. The largest absolute Gasteiger partial charge is 0.286 e. The normalized spacial score (nSPS) is 14.4. The van der Waals surface area contributed by atoms with E-state index in [1.54, 1.807) is 0 Å². The van der Waals surface area contributed by atoms with E-state index in [0.717, 1.165) is 25.7 Å². The van der Waals surface area contributed by atoms with Crippen LogP contribution in [-0.4, -0.2) is 18.7 Å². The van der Waals surface area contributed by atoms with Gasteiger partial charge in [-0.05, 0) is 12.3 Å². The Balaban J connectivity index is 3.72. The lowest BCUT2D eigenvalue weighted by Crippen LogP contribution is -2.09. The van der Waals surface area contributed by atoms with E-state index in [0.29, 0.717) is 12.3 Å². The molecule has 0 unspecified atom stereocenters. The number of hydrogen-bond donors (Lipinski definition) is 1. The van der Waals surface area contributed by atoms with E-state index < -0.39 is 10.1 Å². The third kappa shape index (κ3) is 8.25. The van der Waals surface area contributed by atoms with Crippen LogP contribution >= 0.6 is 0 Å². The van der Waals surface area contributed by atoms with Crippen molar-refractivity contribution in [2.24, 2.45) is 5.92 Å². The van der Waals surface area contributed by atoms with Crippen LogP contribution in [0.4, 0.5) is 0 Å². The maximum Gasteiger partial charge on any atom is 0.264 e. The minimum Gasteiger partial charge on any atom is -0.286 e. The molecule has 0 aliphatic carbocycles. The quantitative estimate of drug-likeness (QED) is 0.654. The van der Waals surface area contributed by atoms with Gasteiger partial charge in [0, 0.05) is 0 Å². The molecule has 1 atom stereocenters. The topological polar surface area (TPSA) is 54.4 Å². The zero-order valence-electron chi connectivity index (χ0n) is 8.49. The predicted octanol–water partition coefficient (Wildman–Crippen LogP) is 2.48. The Kier molecular flexibility index (Phi) is 6.33. The summed E-state index contributed by atoms with van der Waals surface area (Å²) in [5.74, 6) is 0.358. The molecule has 0 heterocycles. The number of rotatable bonds is 7. The Morgan fingerprint density at radius 3 is 2.23 bits per heavy atom. The van der Waals surface area contributed by atoms with E-state index in [1.165, 1.54) is 0 Å². The first-order chi connectivity index (χ1) is 5.99. The first-order valence-corrected chi connectivity index (χ1v) is 6.55. The third-order valence-electron chi connectivity index (χ3n) is 2.33. The van der Waals surface area contributed by atoms with Gasteiger partial charge in [0.2, 0.25) is 0 Å². The molecule has 0 saturated carbocycles. The van der Waals surface area contributed by atoms with Gasteiger partial charge in [-0.2, -0.15) is 8.42 Å². The molecule has 0 saturated heterocycles. The fourth-order valence-electron chi connectivity index (χ4n) is 1.36. The highest BCUT2D eigenvalue weighted by atomic mass is 32.2. The molecule has 0 radical (unpaired) electrons. The van der Waals surface area contributed by atoms with Crippen LogP contribution in [-0.2, 0) is 10.1 Å². The van der Waals surface area contributed by atoms with E-state index >= 15 is 0 Å². The first kappa shape index (κ1) is 12.9. The highest BCUT2D eigenvalue weighted by Gasteiger charge is 2.10. The standard InChI is InChI=1S/C9H20O3S/c1-3-5-6-9(4-2)7-8-13(10,11)12/h9H,3-8H2,1-2H3,(H,10,11,12)/t9-/m0/s1. The summed E-state index contributed by atoms with van der Waals surface area (Å²) in [5.41, 5.74) is 0. The second-order valence-corrected chi connectivity index (χ2v) is 5.06. The van der Waals surface area contributed by atoms with Gasteiger partial charge in [0.1, 0.15) is 0 Å². The highest BCUT2D eigenvalue weighted by molar-refractivity contribution is 7.85. The third-order valence-corrected chi connectivity index (χ3v) is 3.08. The predicted molar refractivity (Wildman–Crippen MR) is 54.3 cm³/mol. The molecular weight excluding hydrogens is 188 g/mol. The summed E-state index contributed by atoms with van der Waals surface area (Å²) in [6.45, 7) is 4.18. The van der Waals surface area contributed by atoms with Crippen LogP contribution < -0.4 is 0 Å². The second kappa shape index (κ2) is 6.38. The van der Waals surface area contributed by atoms with Crippen molar-refractivity contribution in [3.05, 3.63) is 0 Å². The lowest BCUT2D eigenvalue weighted by molar-refractivity contribution is 0.424. The van der Waals surface area contributed by atoms with Crippen LogP contribution in [0.2, 0.25) is 0 Å². The summed E-state index contributed by atoms with van der Waals surface area (Å²) in [6, 6.07) is 0. The SMILES string of the molecule is CCCC[C@H](CC)CCS(=O)(=O)O. The van der Waals surface area contributed by atoms with Gasteiger partial charge in [0.25, 0.3) is 10.1 Å². The molecule has 0 aromatic rings. The van der Waals surface area contributed by atoms with Crippen molar-refractivity contribution in [2.45, 2.75) is 46.0 Å². The summed E-state index contributed by atoms with van der Waals surface area (Å²) >= 11 is 0. The van der Waals surface area contributed by atoms with Gasteiger partial charge >= 0.3 is 0 Å². The van der Waals surface area contributed by atoms with E-state index in [-0.39, 0.29) is 5.75 Å². The van der Waals surface area contributed by atoms with Gasteiger partial charge in [0.15, 0.2) is 0 Å². The summed E-state index contributed by atoms with van der Waals surface area (Å²) in [6.07, 6.45) is 4.94. The molecule has 0 fully saturated rings. The summed E-state index contributed by atoms with van der Waals surface area (Å²) in [5, 5.41) is 0. The molecule has 1 N–H and O–H groups in total. The molecule has 0 aromatic heterocycles. The van der Waals surface area contributed by atoms with Gasteiger partial charge < -0.3 is 0 Å². The lowest BCUT2D eigenvalue weighted by atomic mass is 9.97. The molecular formula is C9H20O3S. The summed E-state index contributed by atoms with van der Waals surface area (Å²) in [4.78, 5) is 0. The summed E-state index contributed by atoms with van der Waals surface area (Å²) in [7, 11) is -3.75. The molecule has 0 amide bonds. The van der Waals surface area contributed by atoms with Crippen molar-refractivity contribution in [2.75, 3.05) is 5.75 Å². The molecule has 0 aromatic carbocycles. The zero-order valence-corrected chi connectivity index (χ0v) is 9.31. The second-order valence-electron chi connectivity index (χ2n) is 3.49. The van der Waals surface area contributed by atoms with Gasteiger partial charge in [-0.25, -0.2) is 0 Å². The van der Waals surface area contributed by atoms with Crippen molar-refractivity contribution >= 4 is 10.1 Å². The molecule has 80 valence electrons. The van der Waals surface area contributed by atoms with Crippen molar-refractivity contribution in [3.8, 4) is 0 Å². The molecule has 0 bridgehead atoms. The molecule has 0 rings (SSSR count). The highest BCUT2D eigenvalue weighted by Crippen LogP contribution is 2.16. The smallest absolute Gasteiger partial charge is 0.264 e. The maximum atomic E-state index is 10.5. The van der Waals surface area contributed by atoms with Crippen LogP contribution in [0.5, 0.6) is 0 Å². The van der Waals surface area contributed by atoms with Crippen LogP contribution in [0.3, 0.4) is 0 Å². The molecule has 13 heavy (non-hydrogen) atoms. The van der Waals surface area contributed by atoms with Gasteiger partial charge in [-0.1, -0.05) is 39.5 Å². The maximum absolute atomic E-state index is 10.5. The fraction of sp³-hybridized carbons (Fsp3) is 1.00. The summed E-state index contributed by atoms with van der Waals surface area (Å²) < 4.78 is 29.5. The van der Waals surface area contributed by atoms with Crippen molar-refractivity contribution in [1.29, 1.82) is 0 Å². The Morgan fingerprint density at radius 2 is 1.85 bits per heavy atom. The number of hydrogen-bond acceptors (Lipinski definition) is 2. The first-order valence-electron chi connectivity index (χ1n) is 4.94. The van der Waals surface area contributed by atoms with Crippen LogP contribution in [0.1, 0.15) is 46.0 Å².